The molecule has 0 radical (unpaired) electrons. The van der Waals surface area contributed by atoms with Gasteiger partial charge < -0.3 is 10.2 Å². The second kappa shape index (κ2) is 11.2. The van der Waals surface area contributed by atoms with Gasteiger partial charge in [-0.1, -0.05) is 66.9 Å². The van der Waals surface area contributed by atoms with E-state index in [2.05, 4.69) is 12.2 Å². The van der Waals surface area contributed by atoms with E-state index in [9.17, 15) is 9.59 Å². The molecule has 2 aromatic carbocycles. The number of benzene rings is 2. The van der Waals surface area contributed by atoms with E-state index in [0.29, 0.717) is 23.1 Å². The summed E-state index contributed by atoms with van der Waals surface area (Å²) in [6.07, 6.45) is 2.06. The SMILES string of the molecule is CCCCNC(=O)[C@@H](C)N(Cc1ccccc1C)C(=O)Cc1ccc(Cl)c(Cl)c1. The number of hydrogen-bond donors (Lipinski definition) is 1. The predicted molar refractivity (Wildman–Crippen MR) is 119 cm³/mol. The number of carbonyl (C=O) groups is 2. The first-order valence-electron chi connectivity index (χ1n) is 9.89. The molecule has 0 fully saturated rings. The summed E-state index contributed by atoms with van der Waals surface area (Å²) in [4.78, 5) is 27.4. The fourth-order valence-electron chi connectivity index (χ4n) is 3.02. The van der Waals surface area contributed by atoms with E-state index < -0.39 is 6.04 Å². The molecule has 156 valence electrons. The molecule has 0 heterocycles. The fraction of sp³-hybridized carbons (Fsp3) is 0.391. The number of rotatable bonds is 9. The van der Waals surface area contributed by atoms with E-state index in [0.717, 1.165) is 29.5 Å². The Morgan fingerprint density at radius 2 is 1.83 bits per heavy atom. The van der Waals surface area contributed by atoms with Gasteiger partial charge in [0.15, 0.2) is 0 Å². The molecule has 0 aliphatic heterocycles. The number of nitrogens with one attached hydrogen (secondary N) is 1. The van der Waals surface area contributed by atoms with Crippen molar-refractivity contribution in [2.24, 2.45) is 0 Å². The summed E-state index contributed by atoms with van der Waals surface area (Å²) in [6, 6.07) is 12.5. The maximum Gasteiger partial charge on any atom is 0.242 e. The topological polar surface area (TPSA) is 49.4 Å². The molecule has 0 unspecified atom stereocenters. The van der Waals surface area contributed by atoms with Gasteiger partial charge in [0.1, 0.15) is 6.04 Å². The lowest BCUT2D eigenvalue weighted by Crippen LogP contribution is -2.48. The van der Waals surface area contributed by atoms with Crippen LogP contribution in [0.25, 0.3) is 0 Å². The molecule has 0 aliphatic carbocycles. The van der Waals surface area contributed by atoms with Crippen molar-refractivity contribution in [2.45, 2.75) is 52.6 Å². The van der Waals surface area contributed by atoms with Crippen LogP contribution >= 0.6 is 23.2 Å². The number of unbranched alkanes of at least 4 members (excludes halogenated alkanes) is 1. The zero-order valence-electron chi connectivity index (χ0n) is 17.2. The Kier molecular flexibility index (Phi) is 8.99. The molecule has 1 atom stereocenters. The molecular weight excluding hydrogens is 407 g/mol. The Balaban J connectivity index is 2.22. The van der Waals surface area contributed by atoms with Gasteiger partial charge >= 0.3 is 0 Å². The number of aryl methyl sites for hydroxylation is 1. The van der Waals surface area contributed by atoms with Crippen molar-refractivity contribution in [2.75, 3.05) is 6.54 Å². The van der Waals surface area contributed by atoms with E-state index in [4.69, 9.17) is 23.2 Å². The Morgan fingerprint density at radius 1 is 1.10 bits per heavy atom. The first-order valence-corrected chi connectivity index (χ1v) is 10.6. The molecule has 0 bridgehead atoms. The third-order valence-electron chi connectivity index (χ3n) is 4.94. The first kappa shape index (κ1) is 23.2. The molecular formula is C23H28Cl2N2O2. The van der Waals surface area contributed by atoms with Crippen molar-refractivity contribution < 1.29 is 9.59 Å². The zero-order valence-corrected chi connectivity index (χ0v) is 18.7. The summed E-state index contributed by atoms with van der Waals surface area (Å²) >= 11 is 12.1. The second-order valence-electron chi connectivity index (χ2n) is 7.19. The molecule has 2 rings (SSSR count). The van der Waals surface area contributed by atoms with E-state index in [-0.39, 0.29) is 18.2 Å². The van der Waals surface area contributed by atoms with E-state index in [1.165, 1.54) is 0 Å². The monoisotopic (exact) mass is 434 g/mol. The Morgan fingerprint density at radius 3 is 2.48 bits per heavy atom. The van der Waals surface area contributed by atoms with Crippen LogP contribution in [0.4, 0.5) is 0 Å². The Bertz CT molecular complexity index is 855. The Labute approximate surface area is 183 Å². The van der Waals surface area contributed by atoms with Crippen molar-refractivity contribution in [3.8, 4) is 0 Å². The number of hydrogen-bond acceptors (Lipinski definition) is 2. The average molecular weight is 435 g/mol. The van der Waals surface area contributed by atoms with Crippen molar-refractivity contribution in [1.29, 1.82) is 0 Å². The van der Waals surface area contributed by atoms with Gasteiger partial charge in [-0.2, -0.15) is 0 Å². The molecule has 1 N–H and O–H groups in total. The smallest absolute Gasteiger partial charge is 0.242 e. The predicted octanol–water partition coefficient (Wildman–Crippen LogP) is 5.18. The maximum atomic E-state index is 13.2. The third kappa shape index (κ3) is 6.76. The molecule has 2 aromatic rings. The maximum absolute atomic E-state index is 13.2. The van der Waals surface area contributed by atoms with E-state index in [1.54, 1.807) is 30.0 Å². The van der Waals surface area contributed by atoms with Gasteiger partial charge in [0, 0.05) is 13.1 Å². The molecule has 0 spiro atoms. The van der Waals surface area contributed by atoms with Crippen LogP contribution in [0.15, 0.2) is 42.5 Å². The molecule has 0 aliphatic rings. The second-order valence-corrected chi connectivity index (χ2v) is 8.01. The van der Waals surface area contributed by atoms with Crippen LogP contribution in [0.2, 0.25) is 10.0 Å². The van der Waals surface area contributed by atoms with Gasteiger partial charge in [-0.05, 0) is 49.1 Å². The average Bonchev–Trinajstić information content (AvgIpc) is 2.69. The molecule has 4 nitrogen and oxygen atoms in total. The lowest BCUT2D eigenvalue weighted by molar-refractivity contribution is -0.140. The summed E-state index contributed by atoms with van der Waals surface area (Å²) in [7, 11) is 0. The number of amides is 2. The van der Waals surface area contributed by atoms with Crippen LogP contribution in [0.3, 0.4) is 0 Å². The Hall–Kier alpha value is -2.04. The summed E-state index contributed by atoms with van der Waals surface area (Å²) in [5, 5.41) is 3.79. The zero-order chi connectivity index (χ0) is 21.4. The van der Waals surface area contributed by atoms with Gasteiger partial charge in [0.2, 0.25) is 11.8 Å². The highest BCUT2D eigenvalue weighted by Crippen LogP contribution is 2.23. The van der Waals surface area contributed by atoms with Gasteiger partial charge in [0.05, 0.1) is 16.5 Å². The van der Waals surface area contributed by atoms with E-state index in [1.807, 2.05) is 31.2 Å². The molecule has 2 amide bonds. The standard InChI is InChI=1S/C23H28Cl2N2O2/c1-4-5-12-26-23(29)17(3)27(15-19-9-7-6-8-16(19)2)22(28)14-18-10-11-20(24)21(25)13-18/h6-11,13,17H,4-5,12,14-15H2,1-3H3,(H,26,29)/t17-/m1/s1. The van der Waals surface area contributed by atoms with Crippen molar-refractivity contribution in [1.82, 2.24) is 10.2 Å². The highest BCUT2D eigenvalue weighted by molar-refractivity contribution is 6.42. The normalized spacial score (nSPS) is 11.8. The lowest BCUT2D eigenvalue weighted by Gasteiger charge is -2.29. The summed E-state index contributed by atoms with van der Waals surface area (Å²) < 4.78 is 0. The van der Waals surface area contributed by atoms with Gasteiger partial charge in [0.25, 0.3) is 0 Å². The highest BCUT2D eigenvalue weighted by Gasteiger charge is 2.26. The van der Waals surface area contributed by atoms with Crippen molar-refractivity contribution in [3.63, 3.8) is 0 Å². The fourth-order valence-corrected chi connectivity index (χ4v) is 3.34. The van der Waals surface area contributed by atoms with E-state index >= 15 is 0 Å². The van der Waals surface area contributed by atoms with Crippen LogP contribution in [0, 0.1) is 6.92 Å². The third-order valence-corrected chi connectivity index (χ3v) is 5.68. The minimum atomic E-state index is -0.582. The van der Waals surface area contributed by atoms with Crippen LogP contribution < -0.4 is 5.32 Å². The van der Waals surface area contributed by atoms with Crippen molar-refractivity contribution >= 4 is 35.0 Å². The minimum absolute atomic E-state index is 0.134. The molecule has 0 saturated heterocycles. The quantitative estimate of drug-likeness (QED) is 0.552. The summed E-state index contributed by atoms with van der Waals surface area (Å²) in [6.45, 7) is 6.82. The lowest BCUT2D eigenvalue weighted by atomic mass is 10.1. The minimum Gasteiger partial charge on any atom is -0.354 e. The van der Waals surface area contributed by atoms with Gasteiger partial charge in [-0.3, -0.25) is 9.59 Å². The number of nitrogens with zero attached hydrogens (tertiary/aromatic N) is 1. The van der Waals surface area contributed by atoms with Crippen LogP contribution in [0.5, 0.6) is 0 Å². The molecule has 29 heavy (non-hydrogen) atoms. The largest absolute Gasteiger partial charge is 0.354 e. The van der Waals surface area contributed by atoms with Crippen LogP contribution in [-0.4, -0.2) is 29.3 Å². The molecule has 6 heteroatoms. The van der Waals surface area contributed by atoms with Crippen LogP contribution in [0.1, 0.15) is 43.4 Å². The molecule has 0 aromatic heterocycles. The number of halogens is 2. The van der Waals surface area contributed by atoms with Gasteiger partial charge in [-0.15, -0.1) is 0 Å². The van der Waals surface area contributed by atoms with Crippen LogP contribution in [-0.2, 0) is 22.6 Å². The van der Waals surface area contributed by atoms with Gasteiger partial charge in [-0.25, -0.2) is 0 Å². The molecule has 0 saturated carbocycles. The highest BCUT2D eigenvalue weighted by atomic mass is 35.5. The first-order chi connectivity index (χ1) is 13.8. The van der Waals surface area contributed by atoms with Crippen molar-refractivity contribution in [3.05, 3.63) is 69.2 Å². The summed E-state index contributed by atoms with van der Waals surface area (Å²) in [5.74, 6) is -0.278. The number of carbonyl (C=O) groups excluding carboxylic acids is 2. The summed E-state index contributed by atoms with van der Waals surface area (Å²) in [5.41, 5.74) is 2.86.